The number of aromatic nitrogens is 2. The van der Waals surface area contributed by atoms with Crippen LogP contribution in [0.25, 0.3) is 11.0 Å². The van der Waals surface area contributed by atoms with E-state index in [0.29, 0.717) is 5.15 Å². The zero-order valence-electron chi connectivity index (χ0n) is 7.87. The van der Waals surface area contributed by atoms with Crippen molar-refractivity contribution < 1.29 is 5.11 Å². The number of hydrogen-bond acceptors (Lipinski definition) is 2. The molecule has 0 aliphatic carbocycles. The van der Waals surface area contributed by atoms with Crippen molar-refractivity contribution >= 4 is 22.6 Å². The molecule has 2 aromatic heterocycles. The SMILES string of the molecule is CCn1ccc2nc(Cl)cc(CO)c21. The lowest BCUT2D eigenvalue weighted by Gasteiger charge is -2.05. The van der Waals surface area contributed by atoms with Gasteiger partial charge in [0.2, 0.25) is 0 Å². The van der Waals surface area contributed by atoms with Gasteiger partial charge in [0.25, 0.3) is 0 Å². The molecule has 0 amide bonds. The Bertz CT molecular complexity index is 464. The van der Waals surface area contributed by atoms with Gasteiger partial charge in [-0.25, -0.2) is 4.98 Å². The summed E-state index contributed by atoms with van der Waals surface area (Å²) in [6.45, 7) is 2.90. The molecule has 1 N–H and O–H groups in total. The van der Waals surface area contributed by atoms with E-state index in [0.717, 1.165) is 23.1 Å². The minimum absolute atomic E-state index is 0.0112. The molecule has 0 aliphatic heterocycles. The first-order valence-electron chi connectivity index (χ1n) is 4.51. The fraction of sp³-hybridized carbons (Fsp3) is 0.300. The van der Waals surface area contributed by atoms with Crippen molar-refractivity contribution in [2.24, 2.45) is 0 Å². The van der Waals surface area contributed by atoms with Crippen LogP contribution in [0.5, 0.6) is 0 Å². The zero-order chi connectivity index (χ0) is 10.1. The van der Waals surface area contributed by atoms with E-state index in [2.05, 4.69) is 11.9 Å². The molecular formula is C10H11ClN2O. The van der Waals surface area contributed by atoms with Gasteiger partial charge in [-0.3, -0.25) is 0 Å². The van der Waals surface area contributed by atoms with Crippen LogP contribution in [-0.2, 0) is 13.2 Å². The molecule has 4 heteroatoms. The smallest absolute Gasteiger partial charge is 0.130 e. The normalized spacial score (nSPS) is 11.1. The van der Waals surface area contributed by atoms with E-state index < -0.39 is 0 Å². The lowest BCUT2D eigenvalue weighted by molar-refractivity contribution is 0.283. The van der Waals surface area contributed by atoms with Gasteiger partial charge in [-0.2, -0.15) is 0 Å². The predicted octanol–water partition coefficient (Wildman–Crippen LogP) is 2.20. The average molecular weight is 211 g/mol. The zero-order valence-corrected chi connectivity index (χ0v) is 8.62. The van der Waals surface area contributed by atoms with Crippen LogP contribution in [0.3, 0.4) is 0 Å². The summed E-state index contributed by atoms with van der Waals surface area (Å²) >= 11 is 5.82. The second-order valence-electron chi connectivity index (χ2n) is 3.10. The van der Waals surface area contributed by atoms with E-state index in [1.54, 1.807) is 6.07 Å². The highest BCUT2D eigenvalue weighted by atomic mass is 35.5. The lowest BCUT2D eigenvalue weighted by atomic mass is 10.2. The first-order chi connectivity index (χ1) is 6.76. The molecule has 0 spiro atoms. The van der Waals surface area contributed by atoms with Gasteiger partial charge < -0.3 is 9.67 Å². The highest BCUT2D eigenvalue weighted by Crippen LogP contribution is 2.22. The molecule has 0 bridgehead atoms. The molecule has 2 aromatic rings. The van der Waals surface area contributed by atoms with E-state index >= 15 is 0 Å². The number of fused-ring (bicyclic) bond motifs is 1. The van der Waals surface area contributed by atoms with Crippen molar-refractivity contribution in [3.05, 3.63) is 29.0 Å². The molecule has 2 heterocycles. The molecule has 0 unspecified atom stereocenters. The Morgan fingerprint density at radius 2 is 2.36 bits per heavy atom. The summed E-state index contributed by atoms with van der Waals surface area (Å²) in [5.74, 6) is 0. The number of hydrogen-bond donors (Lipinski definition) is 1. The third kappa shape index (κ3) is 1.38. The van der Waals surface area contributed by atoms with Crippen LogP contribution in [0.2, 0.25) is 5.15 Å². The number of aryl methyl sites for hydroxylation is 1. The van der Waals surface area contributed by atoms with E-state index in [1.165, 1.54) is 0 Å². The summed E-state index contributed by atoms with van der Waals surface area (Å²) in [6, 6.07) is 3.61. The Kier molecular flexibility index (Phi) is 2.44. The van der Waals surface area contributed by atoms with Crippen LogP contribution in [0.15, 0.2) is 18.3 Å². The van der Waals surface area contributed by atoms with Crippen molar-refractivity contribution in [1.82, 2.24) is 9.55 Å². The van der Waals surface area contributed by atoms with Crippen LogP contribution in [0, 0.1) is 0 Å². The van der Waals surface area contributed by atoms with E-state index in [1.807, 2.05) is 16.8 Å². The fourth-order valence-corrected chi connectivity index (χ4v) is 1.87. The molecule has 0 radical (unpaired) electrons. The molecule has 0 aromatic carbocycles. The van der Waals surface area contributed by atoms with E-state index in [4.69, 9.17) is 11.6 Å². The molecule has 0 atom stereocenters. The maximum Gasteiger partial charge on any atom is 0.130 e. The topological polar surface area (TPSA) is 38.0 Å². The highest BCUT2D eigenvalue weighted by Gasteiger charge is 2.07. The van der Waals surface area contributed by atoms with Crippen molar-refractivity contribution in [1.29, 1.82) is 0 Å². The second-order valence-corrected chi connectivity index (χ2v) is 3.49. The Balaban J connectivity index is 2.78. The molecule has 74 valence electrons. The molecular weight excluding hydrogens is 200 g/mol. The van der Waals surface area contributed by atoms with Crippen LogP contribution in [0.1, 0.15) is 12.5 Å². The minimum Gasteiger partial charge on any atom is -0.392 e. The van der Waals surface area contributed by atoms with Crippen molar-refractivity contribution in [2.75, 3.05) is 0 Å². The lowest BCUT2D eigenvalue weighted by Crippen LogP contribution is -1.96. The number of nitrogens with zero attached hydrogens (tertiary/aromatic N) is 2. The molecule has 14 heavy (non-hydrogen) atoms. The van der Waals surface area contributed by atoms with E-state index in [9.17, 15) is 5.11 Å². The third-order valence-electron chi connectivity index (χ3n) is 2.28. The number of rotatable bonds is 2. The number of aliphatic hydroxyl groups is 1. The summed E-state index contributed by atoms with van der Waals surface area (Å²) < 4.78 is 2.05. The molecule has 0 fully saturated rings. The maximum atomic E-state index is 9.20. The van der Waals surface area contributed by atoms with Crippen LogP contribution >= 0.6 is 11.6 Å². The largest absolute Gasteiger partial charge is 0.392 e. The summed E-state index contributed by atoms with van der Waals surface area (Å²) in [4.78, 5) is 4.19. The first-order valence-corrected chi connectivity index (χ1v) is 4.89. The Morgan fingerprint density at radius 1 is 1.57 bits per heavy atom. The van der Waals surface area contributed by atoms with Gasteiger partial charge in [-0.05, 0) is 19.1 Å². The van der Waals surface area contributed by atoms with Crippen molar-refractivity contribution in [2.45, 2.75) is 20.1 Å². The molecule has 2 rings (SSSR count). The number of aliphatic hydroxyl groups excluding tert-OH is 1. The minimum atomic E-state index is -0.0112. The van der Waals surface area contributed by atoms with Crippen molar-refractivity contribution in [3.63, 3.8) is 0 Å². The molecule has 0 saturated heterocycles. The highest BCUT2D eigenvalue weighted by molar-refractivity contribution is 6.29. The number of pyridine rings is 1. The predicted molar refractivity (Wildman–Crippen MR) is 56.3 cm³/mol. The average Bonchev–Trinajstić information content (AvgIpc) is 2.59. The maximum absolute atomic E-state index is 9.20. The Hall–Kier alpha value is -1.06. The van der Waals surface area contributed by atoms with E-state index in [-0.39, 0.29) is 6.61 Å². The molecule has 0 aliphatic rings. The first kappa shape index (κ1) is 9.49. The summed E-state index contributed by atoms with van der Waals surface area (Å²) in [5.41, 5.74) is 2.63. The third-order valence-corrected chi connectivity index (χ3v) is 2.47. The molecule has 0 saturated carbocycles. The Morgan fingerprint density at radius 3 is 3.00 bits per heavy atom. The van der Waals surface area contributed by atoms with Crippen LogP contribution < -0.4 is 0 Å². The summed E-state index contributed by atoms with van der Waals surface area (Å²) in [7, 11) is 0. The standard InChI is InChI=1S/C10H11ClN2O/c1-2-13-4-3-8-10(13)7(6-14)5-9(11)12-8/h3-5,14H,2,6H2,1H3. The number of halogens is 1. The quantitative estimate of drug-likeness (QED) is 0.772. The van der Waals surface area contributed by atoms with Gasteiger partial charge in [0.05, 0.1) is 17.6 Å². The van der Waals surface area contributed by atoms with Gasteiger partial charge in [-0.1, -0.05) is 11.6 Å². The van der Waals surface area contributed by atoms with Crippen molar-refractivity contribution in [3.8, 4) is 0 Å². The summed E-state index contributed by atoms with van der Waals surface area (Å²) in [5, 5.41) is 9.62. The van der Waals surface area contributed by atoms with Gasteiger partial charge in [0.1, 0.15) is 5.15 Å². The van der Waals surface area contributed by atoms with Gasteiger partial charge >= 0.3 is 0 Å². The monoisotopic (exact) mass is 210 g/mol. The molecule has 3 nitrogen and oxygen atoms in total. The summed E-state index contributed by atoms with van der Waals surface area (Å²) in [6.07, 6.45) is 1.95. The van der Waals surface area contributed by atoms with Gasteiger partial charge in [-0.15, -0.1) is 0 Å². The second kappa shape index (κ2) is 3.59. The van der Waals surface area contributed by atoms with Crippen LogP contribution in [0.4, 0.5) is 0 Å². The Labute approximate surface area is 86.9 Å². The van der Waals surface area contributed by atoms with Crippen LogP contribution in [-0.4, -0.2) is 14.7 Å². The fourth-order valence-electron chi connectivity index (χ4n) is 1.64. The van der Waals surface area contributed by atoms with Gasteiger partial charge in [0, 0.05) is 18.3 Å². The van der Waals surface area contributed by atoms with Gasteiger partial charge in [0.15, 0.2) is 0 Å².